The number of rotatable bonds is 3. The molecule has 0 radical (unpaired) electrons. The number of carbonyl (C=O) groups is 1. The van der Waals surface area contributed by atoms with E-state index >= 15 is 0 Å². The van der Waals surface area contributed by atoms with Crippen molar-refractivity contribution in [2.75, 3.05) is 0 Å². The summed E-state index contributed by atoms with van der Waals surface area (Å²) in [5.74, 6) is 1.08. The van der Waals surface area contributed by atoms with Crippen molar-refractivity contribution in [1.82, 2.24) is 10.3 Å². The maximum Gasteiger partial charge on any atom is 0.223 e. The molecule has 3 rings (SSSR count). The summed E-state index contributed by atoms with van der Waals surface area (Å²) in [4.78, 5) is 16.0. The van der Waals surface area contributed by atoms with Gasteiger partial charge in [-0.1, -0.05) is 12.5 Å². The molecule has 1 aromatic carbocycles. The smallest absolute Gasteiger partial charge is 0.223 e. The number of aryl methyl sites for hydroxylation is 1. The normalized spacial score (nSPS) is 15.6. The lowest BCUT2D eigenvalue weighted by Crippen LogP contribution is -2.33. The van der Waals surface area contributed by atoms with Gasteiger partial charge in [-0.3, -0.25) is 4.79 Å². The largest absolute Gasteiger partial charge is 0.441 e. The number of fused-ring (bicyclic) bond motifs is 1. The van der Waals surface area contributed by atoms with E-state index in [1.165, 1.54) is 6.42 Å². The molecule has 0 bridgehead atoms. The maximum absolute atomic E-state index is 11.7. The van der Waals surface area contributed by atoms with Crippen LogP contribution in [0, 0.1) is 12.8 Å². The quantitative estimate of drug-likeness (QED) is 0.902. The van der Waals surface area contributed by atoms with Gasteiger partial charge in [-0.25, -0.2) is 4.98 Å². The zero-order valence-corrected chi connectivity index (χ0v) is 10.4. The molecule has 1 aromatic heterocycles. The Morgan fingerprint density at radius 1 is 1.50 bits per heavy atom. The molecule has 0 unspecified atom stereocenters. The van der Waals surface area contributed by atoms with E-state index in [9.17, 15) is 4.79 Å². The molecule has 0 spiro atoms. The lowest BCUT2D eigenvalue weighted by Gasteiger charge is -2.24. The molecule has 2 aromatic rings. The Kier molecular flexibility index (Phi) is 2.78. The fourth-order valence-corrected chi connectivity index (χ4v) is 2.20. The summed E-state index contributed by atoms with van der Waals surface area (Å²) in [6, 6.07) is 5.83. The van der Waals surface area contributed by atoms with Gasteiger partial charge >= 0.3 is 0 Å². The first-order chi connectivity index (χ1) is 8.72. The summed E-state index contributed by atoms with van der Waals surface area (Å²) < 4.78 is 5.41. The van der Waals surface area contributed by atoms with Gasteiger partial charge in [0.25, 0.3) is 0 Å². The molecular formula is C14H16N2O2. The molecule has 1 aliphatic rings. The standard InChI is InChI=1S/C14H16N2O2/c1-9-16-12-7-10(5-6-13(12)18-9)8-15-14(17)11-3-2-4-11/h5-7,11H,2-4,8H2,1H3,(H,15,17). The molecule has 1 fully saturated rings. The number of amides is 1. The van der Waals surface area contributed by atoms with Crippen LogP contribution in [0.15, 0.2) is 22.6 Å². The summed E-state index contributed by atoms with van der Waals surface area (Å²) in [5, 5.41) is 2.98. The Bertz CT molecular complexity index is 584. The van der Waals surface area contributed by atoms with Crippen LogP contribution in [0.3, 0.4) is 0 Å². The minimum atomic E-state index is 0.178. The molecule has 4 nitrogen and oxygen atoms in total. The first-order valence-corrected chi connectivity index (χ1v) is 6.36. The Morgan fingerprint density at radius 3 is 3.06 bits per heavy atom. The Hall–Kier alpha value is -1.84. The fraction of sp³-hybridized carbons (Fsp3) is 0.429. The number of oxazole rings is 1. The third-order valence-electron chi connectivity index (χ3n) is 3.50. The van der Waals surface area contributed by atoms with Crippen molar-refractivity contribution in [2.24, 2.45) is 5.92 Å². The van der Waals surface area contributed by atoms with Gasteiger partial charge in [0.2, 0.25) is 5.91 Å². The summed E-state index contributed by atoms with van der Waals surface area (Å²) >= 11 is 0. The van der Waals surface area contributed by atoms with E-state index in [1.807, 2.05) is 25.1 Å². The average molecular weight is 244 g/mol. The van der Waals surface area contributed by atoms with E-state index in [0.29, 0.717) is 12.4 Å². The molecule has 1 saturated carbocycles. The molecular weight excluding hydrogens is 228 g/mol. The molecule has 0 saturated heterocycles. The van der Waals surface area contributed by atoms with E-state index in [0.717, 1.165) is 29.5 Å². The summed E-state index contributed by atoms with van der Waals surface area (Å²) in [7, 11) is 0. The first kappa shape index (κ1) is 11.3. The lowest BCUT2D eigenvalue weighted by molar-refractivity contribution is -0.127. The van der Waals surface area contributed by atoms with Gasteiger partial charge < -0.3 is 9.73 Å². The third kappa shape index (κ3) is 2.10. The zero-order valence-electron chi connectivity index (χ0n) is 10.4. The predicted octanol–water partition coefficient (Wildman–Crippen LogP) is 2.55. The zero-order chi connectivity index (χ0) is 12.5. The van der Waals surface area contributed by atoms with Crippen LogP contribution in [0.1, 0.15) is 30.7 Å². The van der Waals surface area contributed by atoms with Gasteiger partial charge in [0, 0.05) is 19.4 Å². The maximum atomic E-state index is 11.7. The van der Waals surface area contributed by atoms with Gasteiger partial charge in [-0.15, -0.1) is 0 Å². The van der Waals surface area contributed by atoms with Crippen LogP contribution in [-0.4, -0.2) is 10.9 Å². The summed E-state index contributed by atoms with van der Waals surface area (Å²) in [6.07, 6.45) is 3.25. The van der Waals surface area contributed by atoms with Crippen molar-refractivity contribution in [1.29, 1.82) is 0 Å². The highest BCUT2D eigenvalue weighted by atomic mass is 16.3. The van der Waals surface area contributed by atoms with Crippen LogP contribution in [0.4, 0.5) is 0 Å². The number of benzene rings is 1. The van der Waals surface area contributed by atoms with Crippen molar-refractivity contribution in [3.63, 3.8) is 0 Å². The predicted molar refractivity (Wildman–Crippen MR) is 67.9 cm³/mol. The Labute approximate surface area is 105 Å². The van der Waals surface area contributed by atoms with E-state index in [4.69, 9.17) is 4.42 Å². The van der Waals surface area contributed by atoms with Crippen molar-refractivity contribution >= 4 is 17.0 Å². The number of nitrogens with one attached hydrogen (secondary N) is 1. The molecule has 1 amide bonds. The fourth-order valence-electron chi connectivity index (χ4n) is 2.20. The molecule has 0 aliphatic heterocycles. The summed E-state index contributed by atoms with van der Waals surface area (Å²) in [6.45, 7) is 2.40. The van der Waals surface area contributed by atoms with E-state index in [2.05, 4.69) is 10.3 Å². The number of hydrogen-bond acceptors (Lipinski definition) is 3. The van der Waals surface area contributed by atoms with Crippen LogP contribution in [0.25, 0.3) is 11.1 Å². The monoisotopic (exact) mass is 244 g/mol. The van der Waals surface area contributed by atoms with E-state index in [1.54, 1.807) is 0 Å². The van der Waals surface area contributed by atoms with Gasteiger partial charge in [0.15, 0.2) is 11.5 Å². The lowest BCUT2D eigenvalue weighted by atomic mass is 9.85. The minimum absolute atomic E-state index is 0.178. The van der Waals surface area contributed by atoms with Gasteiger partial charge in [-0.2, -0.15) is 0 Å². The number of aromatic nitrogens is 1. The molecule has 4 heteroatoms. The second-order valence-corrected chi connectivity index (χ2v) is 4.88. The van der Waals surface area contributed by atoms with Crippen molar-refractivity contribution < 1.29 is 9.21 Å². The topological polar surface area (TPSA) is 55.1 Å². The van der Waals surface area contributed by atoms with Crippen molar-refractivity contribution in [2.45, 2.75) is 32.7 Å². The average Bonchev–Trinajstić information content (AvgIpc) is 2.63. The number of carbonyl (C=O) groups excluding carboxylic acids is 1. The van der Waals surface area contributed by atoms with Crippen LogP contribution < -0.4 is 5.32 Å². The Balaban J connectivity index is 1.68. The number of hydrogen-bond donors (Lipinski definition) is 1. The highest BCUT2D eigenvalue weighted by Gasteiger charge is 2.24. The molecule has 94 valence electrons. The third-order valence-corrected chi connectivity index (χ3v) is 3.50. The van der Waals surface area contributed by atoms with Crippen LogP contribution in [0.5, 0.6) is 0 Å². The van der Waals surface area contributed by atoms with Crippen molar-refractivity contribution in [3.05, 3.63) is 29.7 Å². The highest BCUT2D eigenvalue weighted by molar-refractivity contribution is 5.79. The summed E-state index contributed by atoms with van der Waals surface area (Å²) in [5.41, 5.74) is 2.70. The first-order valence-electron chi connectivity index (χ1n) is 6.36. The minimum Gasteiger partial charge on any atom is -0.441 e. The van der Waals surface area contributed by atoms with E-state index in [-0.39, 0.29) is 11.8 Å². The van der Waals surface area contributed by atoms with Crippen LogP contribution in [-0.2, 0) is 11.3 Å². The van der Waals surface area contributed by atoms with Gasteiger partial charge in [-0.05, 0) is 30.5 Å². The molecule has 18 heavy (non-hydrogen) atoms. The molecule has 0 atom stereocenters. The van der Waals surface area contributed by atoms with Crippen molar-refractivity contribution in [3.8, 4) is 0 Å². The van der Waals surface area contributed by atoms with Crippen LogP contribution >= 0.6 is 0 Å². The second kappa shape index (κ2) is 4.44. The Morgan fingerprint density at radius 2 is 2.33 bits per heavy atom. The van der Waals surface area contributed by atoms with Gasteiger partial charge in [0.1, 0.15) is 5.52 Å². The number of nitrogens with zero attached hydrogens (tertiary/aromatic N) is 1. The SMILES string of the molecule is Cc1nc2cc(CNC(=O)C3CCC3)ccc2o1. The van der Waals surface area contributed by atoms with Crippen LogP contribution in [0.2, 0.25) is 0 Å². The molecule has 1 heterocycles. The second-order valence-electron chi connectivity index (χ2n) is 4.88. The molecule has 1 aliphatic carbocycles. The highest BCUT2D eigenvalue weighted by Crippen LogP contribution is 2.26. The molecule has 1 N–H and O–H groups in total. The van der Waals surface area contributed by atoms with Gasteiger partial charge in [0.05, 0.1) is 0 Å². The van der Waals surface area contributed by atoms with E-state index < -0.39 is 0 Å².